The van der Waals surface area contributed by atoms with Crippen LogP contribution in [0.15, 0.2) is 174 Å². The van der Waals surface area contributed by atoms with Crippen molar-refractivity contribution in [2.75, 3.05) is 9.80 Å². The first-order chi connectivity index (χ1) is 23.6. The number of fused-ring (bicyclic) bond motifs is 5. The summed E-state index contributed by atoms with van der Waals surface area (Å²) in [6, 6.07) is 57.6. The quantitative estimate of drug-likeness (QED) is 0.186. The molecule has 48 heavy (non-hydrogen) atoms. The summed E-state index contributed by atoms with van der Waals surface area (Å²) in [6.45, 7) is 4.75. The van der Waals surface area contributed by atoms with Crippen LogP contribution in [-0.4, -0.2) is 0 Å². The third kappa shape index (κ3) is 4.65. The van der Waals surface area contributed by atoms with Crippen LogP contribution in [0, 0.1) is 0 Å². The summed E-state index contributed by atoms with van der Waals surface area (Å²) in [5, 5.41) is 4.64. The van der Waals surface area contributed by atoms with Crippen LogP contribution in [0.2, 0.25) is 0 Å². The first-order valence-electron chi connectivity index (χ1n) is 16.5. The lowest BCUT2D eigenvalue weighted by atomic mass is 9.82. The maximum absolute atomic E-state index is 2.43. The molecule has 0 spiro atoms. The van der Waals surface area contributed by atoms with E-state index in [2.05, 4.69) is 193 Å². The Hall–Kier alpha value is -5.51. The molecule has 0 amide bonds. The predicted molar refractivity (Wildman–Crippen MR) is 205 cm³/mol. The molecule has 230 valence electrons. The molecule has 0 aromatic heterocycles. The molecule has 0 atom stereocenters. The van der Waals surface area contributed by atoms with E-state index in [4.69, 9.17) is 0 Å². The van der Waals surface area contributed by atoms with Crippen LogP contribution in [0.1, 0.15) is 25.0 Å². The highest BCUT2D eigenvalue weighted by molar-refractivity contribution is 8.02. The maximum atomic E-state index is 2.43. The topological polar surface area (TPSA) is 6.48 Å². The number of anilines is 5. The van der Waals surface area contributed by atoms with Crippen LogP contribution < -0.4 is 9.80 Å². The first kappa shape index (κ1) is 28.7. The highest BCUT2D eigenvalue weighted by Gasteiger charge is 2.37. The number of para-hydroxylation sites is 1. The molecule has 2 nitrogen and oxygen atoms in total. The van der Waals surface area contributed by atoms with Crippen molar-refractivity contribution in [1.82, 2.24) is 0 Å². The van der Waals surface area contributed by atoms with Gasteiger partial charge in [-0.05, 0) is 98.8 Å². The molecule has 7 aromatic rings. The lowest BCUT2D eigenvalue weighted by Gasteiger charge is -2.29. The fourth-order valence-corrected chi connectivity index (χ4v) is 8.27. The summed E-state index contributed by atoms with van der Waals surface area (Å²) in [4.78, 5) is 6.02. The fourth-order valence-electron chi connectivity index (χ4n) is 7.49. The van der Waals surface area contributed by atoms with Gasteiger partial charge in [0.05, 0.1) is 11.4 Å². The Kier molecular flexibility index (Phi) is 6.77. The van der Waals surface area contributed by atoms with Crippen molar-refractivity contribution in [2.45, 2.75) is 24.2 Å². The highest BCUT2D eigenvalue weighted by Crippen LogP contribution is 2.53. The Bertz CT molecular complexity index is 2350. The second-order valence-corrected chi connectivity index (χ2v) is 14.0. The summed E-state index contributed by atoms with van der Waals surface area (Å²) in [5.74, 6) is 0. The van der Waals surface area contributed by atoms with Gasteiger partial charge in [-0.15, -0.1) is 0 Å². The Morgan fingerprint density at radius 3 is 2.08 bits per heavy atom. The van der Waals surface area contributed by atoms with Crippen molar-refractivity contribution >= 4 is 51.0 Å². The number of nitrogens with zero attached hydrogens (tertiary/aromatic N) is 2. The molecular weight excluding hydrogens is 601 g/mol. The normalized spacial score (nSPS) is 14.0. The van der Waals surface area contributed by atoms with Gasteiger partial charge in [0.1, 0.15) is 0 Å². The first-order valence-corrected chi connectivity index (χ1v) is 17.4. The van der Waals surface area contributed by atoms with Crippen LogP contribution in [0.25, 0.3) is 33.0 Å². The molecule has 9 rings (SSSR count). The molecule has 1 aliphatic carbocycles. The van der Waals surface area contributed by atoms with E-state index in [1.54, 1.807) is 11.8 Å². The van der Waals surface area contributed by atoms with Gasteiger partial charge in [-0.25, -0.2) is 0 Å². The number of hydrogen-bond donors (Lipinski definition) is 0. The summed E-state index contributed by atoms with van der Waals surface area (Å²) in [5.41, 5.74) is 13.5. The molecule has 0 radical (unpaired) electrons. The van der Waals surface area contributed by atoms with E-state index in [0.29, 0.717) is 0 Å². The van der Waals surface area contributed by atoms with Crippen molar-refractivity contribution in [1.29, 1.82) is 0 Å². The molecule has 0 bridgehead atoms. The number of hydrogen-bond acceptors (Lipinski definition) is 3. The Balaban J connectivity index is 1.16. The van der Waals surface area contributed by atoms with E-state index in [1.807, 2.05) is 0 Å². The number of rotatable bonds is 5. The highest BCUT2D eigenvalue weighted by atomic mass is 32.2. The van der Waals surface area contributed by atoms with Gasteiger partial charge in [0.2, 0.25) is 0 Å². The van der Waals surface area contributed by atoms with E-state index in [0.717, 1.165) is 11.4 Å². The Morgan fingerprint density at radius 1 is 0.562 bits per heavy atom. The van der Waals surface area contributed by atoms with Gasteiger partial charge >= 0.3 is 0 Å². The monoisotopic (exact) mass is 634 g/mol. The fraction of sp³-hybridized carbons (Fsp3) is 0.0667. The lowest BCUT2D eigenvalue weighted by molar-refractivity contribution is 0.660. The van der Waals surface area contributed by atoms with Gasteiger partial charge in [-0.2, -0.15) is 0 Å². The lowest BCUT2D eigenvalue weighted by Crippen LogP contribution is -2.18. The van der Waals surface area contributed by atoms with Gasteiger partial charge in [0.25, 0.3) is 0 Å². The zero-order chi connectivity index (χ0) is 32.2. The van der Waals surface area contributed by atoms with Crippen molar-refractivity contribution in [3.8, 4) is 22.3 Å². The summed E-state index contributed by atoms with van der Waals surface area (Å²) < 4.78 is 0. The molecule has 0 saturated heterocycles. The number of benzene rings is 7. The molecule has 2 aliphatic rings. The van der Waals surface area contributed by atoms with E-state index >= 15 is 0 Å². The summed E-state index contributed by atoms with van der Waals surface area (Å²) >= 11 is 1.78. The van der Waals surface area contributed by atoms with Gasteiger partial charge in [0.15, 0.2) is 0 Å². The minimum atomic E-state index is -0.175. The average molecular weight is 635 g/mol. The molecular formula is C45H34N2S. The maximum Gasteiger partial charge on any atom is 0.0594 e. The minimum Gasteiger partial charge on any atom is -0.316 e. The SMILES string of the molecule is CC1(C)c2cc(N3C=CSc4ccccc43)ccc2-c2ccc(N(c3ccc(-c4ccccc4)cc3)c3cccc4ccccc34)cc21. The van der Waals surface area contributed by atoms with Crippen LogP contribution in [0.4, 0.5) is 28.4 Å². The molecule has 7 aromatic carbocycles. The van der Waals surface area contributed by atoms with Gasteiger partial charge in [-0.3, -0.25) is 0 Å². The standard InChI is InChI=1S/C45H34N2S/c1-45(2)40-29-35(46-27-28-48-44-18-9-8-16-43(44)46)23-25-38(40)39-26-24-36(30-41(39)45)47(42-17-10-14-33-13-6-7-15-37(33)42)34-21-19-32(20-22-34)31-11-4-3-5-12-31/h3-30H,1-2H3. The van der Waals surface area contributed by atoms with Gasteiger partial charge in [0, 0.05) is 39.0 Å². The molecule has 1 aliphatic heterocycles. The largest absolute Gasteiger partial charge is 0.316 e. The van der Waals surface area contributed by atoms with Crippen molar-refractivity contribution in [2.24, 2.45) is 0 Å². The van der Waals surface area contributed by atoms with E-state index in [-0.39, 0.29) is 5.41 Å². The second kappa shape index (κ2) is 11.3. The van der Waals surface area contributed by atoms with Crippen LogP contribution in [-0.2, 0) is 5.41 Å². The predicted octanol–water partition coefficient (Wildman–Crippen LogP) is 13.0. The van der Waals surface area contributed by atoms with E-state index in [9.17, 15) is 0 Å². The number of thioether (sulfide) groups is 1. The third-order valence-electron chi connectivity index (χ3n) is 9.95. The third-order valence-corrected chi connectivity index (χ3v) is 10.8. The van der Waals surface area contributed by atoms with Gasteiger partial charge < -0.3 is 9.80 Å². The van der Waals surface area contributed by atoms with Gasteiger partial charge in [-0.1, -0.05) is 129 Å². The molecule has 1 heterocycles. The van der Waals surface area contributed by atoms with Crippen molar-refractivity contribution in [3.05, 3.63) is 180 Å². The van der Waals surface area contributed by atoms with Crippen molar-refractivity contribution in [3.63, 3.8) is 0 Å². The van der Waals surface area contributed by atoms with Crippen LogP contribution >= 0.6 is 11.8 Å². The van der Waals surface area contributed by atoms with E-state index < -0.39 is 0 Å². The summed E-state index contributed by atoms with van der Waals surface area (Å²) in [6.07, 6.45) is 2.19. The van der Waals surface area contributed by atoms with Crippen LogP contribution in [0.3, 0.4) is 0 Å². The summed E-state index contributed by atoms with van der Waals surface area (Å²) in [7, 11) is 0. The molecule has 0 unspecified atom stereocenters. The zero-order valence-corrected chi connectivity index (χ0v) is 27.8. The van der Waals surface area contributed by atoms with Crippen LogP contribution in [0.5, 0.6) is 0 Å². The smallest absolute Gasteiger partial charge is 0.0594 e. The molecule has 0 fully saturated rings. The molecule has 3 heteroatoms. The Labute approximate surface area is 286 Å². The molecule has 0 N–H and O–H groups in total. The Morgan fingerprint density at radius 2 is 1.23 bits per heavy atom. The minimum absolute atomic E-state index is 0.175. The van der Waals surface area contributed by atoms with E-state index in [1.165, 1.54) is 66.1 Å². The van der Waals surface area contributed by atoms with Crippen molar-refractivity contribution < 1.29 is 0 Å². The zero-order valence-electron chi connectivity index (χ0n) is 27.0. The molecule has 0 saturated carbocycles. The average Bonchev–Trinajstić information content (AvgIpc) is 3.37. The second-order valence-electron chi connectivity index (χ2n) is 13.1.